The minimum absolute atomic E-state index is 0.0956. The van der Waals surface area contributed by atoms with Crippen molar-refractivity contribution in [2.45, 2.75) is 19.8 Å². The Morgan fingerprint density at radius 2 is 2.33 bits per heavy atom. The Balaban J connectivity index is 2.47. The van der Waals surface area contributed by atoms with E-state index in [-0.39, 0.29) is 6.61 Å². The summed E-state index contributed by atoms with van der Waals surface area (Å²) in [6, 6.07) is 9.62. The van der Waals surface area contributed by atoms with Gasteiger partial charge in [-0.2, -0.15) is 5.26 Å². The van der Waals surface area contributed by atoms with Crippen LogP contribution in [0.4, 0.5) is 5.69 Å². The van der Waals surface area contributed by atoms with Crippen LogP contribution in [0.15, 0.2) is 24.3 Å². The highest BCUT2D eigenvalue weighted by molar-refractivity contribution is 5.48. The predicted octanol–water partition coefficient (Wildman–Crippen LogP) is 2.80. The number of nitrogens with zero attached hydrogens (tertiary/aromatic N) is 1. The lowest BCUT2D eigenvalue weighted by Crippen LogP contribution is -2.01. The van der Waals surface area contributed by atoms with Crippen LogP contribution in [0.2, 0.25) is 0 Å². The van der Waals surface area contributed by atoms with Crippen LogP contribution in [0, 0.1) is 11.3 Å². The lowest BCUT2D eigenvalue weighted by molar-refractivity contribution is 0.368. The van der Waals surface area contributed by atoms with Crippen LogP contribution in [-0.2, 0) is 0 Å². The summed E-state index contributed by atoms with van der Waals surface area (Å²) in [6.07, 6.45) is 2.33. The molecule has 0 aliphatic carbocycles. The third-order valence-electron chi connectivity index (χ3n) is 2.00. The summed E-state index contributed by atoms with van der Waals surface area (Å²) >= 11 is 0. The SMILES string of the molecule is CCCCNc1cccc(OCC#N)c1. The molecule has 1 aromatic carbocycles. The maximum absolute atomic E-state index is 8.38. The minimum Gasteiger partial charge on any atom is -0.479 e. The molecule has 0 saturated carbocycles. The van der Waals surface area contributed by atoms with Gasteiger partial charge in [-0.25, -0.2) is 0 Å². The molecule has 0 aromatic heterocycles. The van der Waals surface area contributed by atoms with Crippen LogP contribution < -0.4 is 10.1 Å². The van der Waals surface area contributed by atoms with Crippen LogP contribution >= 0.6 is 0 Å². The van der Waals surface area contributed by atoms with Gasteiger partial charge in [0.1, 0.15) is 11.8 Å². The molecule has 80 valence electrons. The molecule has 15 heavy (non-hydrogen) atoms. The molecule has 0 bridgehead atoms. The van der Waals surface area contributed by atoms with E-state index in [0.29, 0.717) is 0 Å². The Kier molecular flexibility index (Phi) is 5.10. The number of nitrogens with one attached hydrogen (secondary N) is 1. The van der Waals surface area contributed by atoms with E-state index in [0.717, 1.165) is 24.4 Å². The third kappa shape index (κ3) is 4.37. The molecular weight excluding hydrogens is 188 g/mol. The molecule has 0 saturated heterocycles. The van der Waals surface area contributed by atoms with Crippen molar-refractivity contribution in [1.82, 2.24) is 0 Å². The van der Waals surface area contributed by atoms with Crippen molar-refractivity contribution >= 4 is 5.69 Å². The zero-order valence-electron chi connectivity index (χ0n) is 8.99. The van der Waals surface area contributed by atoms with Crippen LogP contribution in [-0.4, -0.2) is 13.2 Å². The molecule has 0 atom stereocenters. The number of benzene rings is 1. The van der Waals surface area contributed by atoms with Gasteiger partial charge in [0.05, 0.1) is 0 Å². The van der Waals surface area contributed by atoms with E-state index < -0.39 is 0 Å². The topological polar surface area (TPSA) is 45.0 Å². The second kappa shape index (κ2) is 6.72. The minimum atomic E-state index is 0.0956. The maximum atomic E-state index is 8.38. The molecule has 0 amide bonds. The first kappa shape index (κ1) is 11.4. The number of nitriles is 1. The highest BCUT2D eigenvalue weighted by Gasteiger charge is 1.95. The molecule has 0 spiro atoms. The standard InChI is InChI=1S/C12H16N2O/c1-2-3-8-14-11-5-4-6-12(10-11)15-9-7-13/h4-6,10,14H,2-3,8-9H2,1H3. The highest BCUT2D eigenvalue weighted by Crippen LogP contribution is 2.17. The van der Waals surface area contributed by atoms with Crippen molar-refractivity contribution in [1.29, 1.82) is 5.26 Å². The van der Waals surface area contributed by atoms with Crippen molar-refractivity contribution in [3.63, 3.8) is 0 Å². The number of anilines is 1. The number of ether oxygens (including phenoxy) is 1. The Hall–Kier alpha value is -1.69. The van der Waals surface area contributed by atoms with Gasteiger partial charge in [-0.1, -0.05) is 19.4 Å². The zero-order valence-corrected chi connectivity index (χ0v) is 8.99. The number of unbranched alkanes of at least 4 members (excludes halogenated alkanes) is 1. The van der Waals surface area contributed by atoms with Crippen molar-refractivity contribution < 1.29 is 4.74 Å². The van der Waals surface area contributed by atoms with E-state index in [1.54, 1.807) is 0 Å². The predicted molar refractivity (Wildman–Crippen MR) is 60.9 cm³/mol. The Labute approximate surface area is 90.7 Å². The average molecular weight is 204 g/mol. The highest BCUT2D eigenvalue weighted by atomic mass is 16.5. The molecule has 1 N–H and O–H groups in total. The third-order valence-corrected chi connectivity index (χ3v) is 2.00. The summed E-state index contributed by atoms with van der Waals surface area (Å²) in [5, 5.41) is 11.7. The van der Waals surface area contributed by atoms with Gasteiger partial charge in [-0.3, -0.25) is 0 Å². The second-order valence-corrected chi connectivity index (χ2v) is 3.25. The molecule has 1 aromatic rings. The fourth-order valence-electron chi connectivity index (χ4n) is 1.22. The van der Waals surface area contributed by atoms with Crippen LogP contribution in [0.1, 0.15) is 19.8 Å². The molecule has 0 radical (unpaired) electrons. The molecule has 3 nitrogen and oxygen atoms in total. The smallest absolute Gasteiger partial charge is 0.174 e. The summed E-state index contributed by atoms with van der Waals surface area (Å²) < 4.78 is 5.20. The van der Waals surface area contributed by atoms with Gasteiger partial charge in [-0.15, -0.1) is 0 Å². The second-order valence-electron chi connectivity index (χ2n) is 3.25. The fourth-order valence-corrected chi connectivity index (χ4v) is 1.22. The monoisotopic (exact) mass is 204 g/mol. The van der Waals surface area contributed by atoms with Crippen LogP contribution in [0.5, 0.6) is 5.75 Å². The molecule has 0 aliphatic heterocycles. The van der Waals surface area contributed by atoms with Gasteiger partial charge in [-0.05, 0) is 18.6 Å². The van der Waals surface area contributed by atoms with Gasteiger partial charge in [0.25, 0.3) is 0 Å². The van der Waals surface area contributed by atoms with Gasteiger partial charge >= 0.3 is 0 Å². The zero-order chi connectivity index (χ0) is 10.9. The van der Waals surface area contributed by atoms with Gasteiger partial charge in [0.15, 0.2) is 6.61 Å². The summed E-state index contributed by atoms with van der Waals surface area (Å²) in [5.41, 5.74) is 1.04. The molecular formula is C12H16N2O. The van der Waals surface area contributed by atoms with E-state index in [1.165, 1.54) is 6.42 Å². The molecule has 1 rings (SSSR count). The first-order valence-corrected chi connectivity index (χ1v) is 5.20. The number of hydrogen-bond acceptors (Lipinski definition) is 3. The van der Waals surface area contributed by atoms with E-state index in [1.807, 2.05) is 30.3 Å². The van der Waals surface area contributed by atoms with E-state index in [2.05, 4.69) is 12.2 Å². The van der Waals surface area contributed by atoms with E-state index in [4.69, 9.17) is 10.00 Å². The summed E-state index contributed by atoms with van der Waals surface area (Å²) in [5.74, 6) is 0.734. The Morgan fingerprint density at radius 1 is 1.47 bits per heavy atom. The lowest BCUT2D eigenvalue weighted by atomic mass is 10.3. The molecule has 0 unspecified atom stereocenters. The van der Waals surface area contributed by atoms with E-state index >= 15 is 0 Å². The average Bonchev–Trinajstić information content (AvgIpc) is 2.27. The molecule has 0 aliphatic rings. The first-order chi connectivity index (χ1) is 7.36. The quantitative estimate of drug-likeness (QED) is 0.725. The van der Waals surface area contributed by atoms with Crippen molar-refractivity contribution in [2.75, 3.05) is 18.5 Å². The first-order valence-electron chi connectivity index (χ1n) is 5.20. The Bertz CT molecular complexity index is 331. The van der Waals surface area contributed by atoms with Gasteiger partial charge < -0.3 is 10.1 Å². The van der Waals surface area contributed by atoms with Crippen LogP contribution in [0.25, 0.3) is 0 Å². The molecule has 0 heterocycles. The van der Waals surface area contributed by atoms with Crippen molar-refractivity contribution in [2.24, 2.45) is 0 Å². The largest absolute Gasteiger partial charge is 0.479 e. The van der Waals surface area contributed by atoms with Gasteiger partial charge in [0, 0.05) is 18.3 Å². The number of hydrogen-bond donors (Lipinski definition) is 1. The molecule has 0 fully saturated rings. The van der Waals surface area contributed by atoms with Crippen molar-refractivity contribution in [3.8, 4) is 11.8 Å². The molecule has 3 heteroatoms. The van der Waals surface area contributed by atoms with E-state index in [9.17, 15) is 0 Å². The maximum Gasteiger partial charge on any atom is 0.174 e. The number of rotatable bonds is 6. The van der Waals surface area contributed by atoms with Crippen molar-refractivity contribution in [3.05, 3.63) is 24.3 Å². The summed E-state index contributed by atoms with van der Waals surface area (Å²) in [4.78, 5) is 0. The normalized spacial score (nSPS) is 9.33. The van der Waals surface area contributed by atoms with Gasteiger partial charge in [0.2, 0.25) is 0 Å². The Morgan fingerprint density at radius 3 is 3.07 bits per heavy atom. The van der Waals surface area contributed by atoms with Crippen LogP contribution in [0.3, 0.4) is 0 Å². The summed E-state index contributed by atoms with van der Waals surface area (Å²) in [7, 11) is 0. The fraction of sp³-hybridized carbons (Fsp3) is 0.417. The lowest BCUT2D eigenvalue weighted by Gasteiger charge is -2.07. The summed E-state index contributed by atoms with van der Waals surface area (Å²) in [6.45, 7) is 3.23.